The fourth-order valence-electron chi connectivity index (χ4n) is 0.623. The van der Waals surface area contributed by atoms with E-state index >= 15 is 0 Å². The van der Waals surface area contributed by atoms with Crippen molar-refractivity contribution in [1.82, 2.24) is 0 Å². The van der Waals surface area contributed by atoms with E-state index in [0.29, 0.717) is 0 Å². The van der Waals surface area contributed by atoms with Crippen LogP contribution >= 0.6 is 0 Å². The minimum absolute atomic E-state index is 0.871. The zero-order valence-corrected chi connectivity index (χ0v) is 7.85. The van der Waals surface area contributed by atoms with Gasteiger partial charge in [-0.3, -0.25) is 9.98 Å². The third-order valence-electron chi connectivity index (χ3n) is 1.21. The zero-order chi connectivity index (χ0) is 9.94. The molecule has 0 radical (unpaired) electrons. The smallest absolute Gasteiger partial charge is 0.0571 e. The number of aliphatic imine (C=N–C) groups is 2. The van der Waals surface area contributed by atoms with E-state index in [1.807, 2.05) is 18.2 Å². The Kier molecular flexibility index (Phi) is 7.30. The van der Waals surface area contributed by atoms with Crippen LogP contribution in [0.5, 0.6) is 0 Å². The Hall–Kier alpha value is -1.70. The molecule has 0 rings (SSSR count). The maximum atomic E-state index is 4.03. The van der Waals surface area contributed by atoms with Crippen molar-refractivity contribution in [3.05, 3.63) is 49.7 Å². The summed E-state index contributed by atoms with van der Waals surface area (Å²) in [6.07, 6.45) is 12.2. The minimum Gasteiger partial charge on any atom is -0.289 e. The van der Waals surface area contributed by atoms with E-state index in [1.54, 1.807) is 25.4 Å². The van der Waals surface area contributed by atoms with Crippen LogP contribution in [0.25, 0.3) is 0 Å². The lowest BCUT2D eigenvalue weighted by Crippen LogP contribution is -1.85. The molecule has 0 heterocycles. The molecule has 68 valence electrons. The highest BCUT2D eigenvalue weighted by Gasteiger charge is 1.81. The first-order chi connectivity index (χ1) is 6.35. The number of hydrogen-bond acceptors (Lipinski definition) is 2. The predicted molar refractivity (Wildman–Crippen MR) is 60.5 cm³/mol. The summed E-state index contributed by atoms with van der Waals surface area (Å²) in [5, 5.41) is 0. The van der Waals surface area contributed by atoms with Crippen molar-refractivity contribution in [3.8, 4) is 0 Å². The fourth-order valence-corrected chi connectivity index (χ4v) is 0.623. The van der Waals surface area contributed by atoms with E-state index in [2.05, 4.69) is 23.1 Å². The summed E-state index contributed by atoms with van der Waals surface area (Å²) in [5.41, 5.74) is 0.871. The van der Waals surface area contributed by atoms with Crippen LogP contribution in [0.4, 0.5) is 0 Å². The van der Waals surface area contributed by atoms with Gasteiger partial charge in [0.1, 0.15) is 0 Å². The van der Waals surface area contributed by atoms with Gasteiger partial charge in [0.15, 0.2) is 0 Å². The lowest BCUT2D eigenvalue weighted by molar-refractivity contribution is 1.45. The molecule has 13 heavy (non-hydrogen) atoms. The molecule has 2 heteroatoms. The van der Waals surface area contributed by atoms with Gasteiger partial charge in [-0.2, -0.15) is 0 Å². The highest BCUT2D eigenvalue weighted by molar-refractivity contribution is 6.05. The molecule has 0 aliphatic carbocycles. The van der Waals surface area contributed by atoms with E-state index < -0.39 is 0 Å². The molecule has 0 aromatic rings. The first-order valence-electron chi connectivity index (χ1n) is 3.91. The first kappa shape index (κ1) is 11.3. The Morgan fingerprint density at radius 2 is 1.85 bits per heavy atom. The second-order valence-electron chi connectivity index (χ2n) is 2.08. The molecule has 0 aromatic carbocycles. The number of allylic oxidation sites excluding steroid dienone is 5. The van der Waals surface area contributed by atoms with Gasteiger partial charge < -0.3 is 0 Å². The highest BCUT2D eigenvalue weighted by Crippen LogP contribution is 1.85. The van der Waals surface area contributed by atoms with E-state index in [-0.39, 0.29) is 0 Å². The molecule has 0 saturated carbocycles. The monoisotopic (exact) mass is 174 g/mol. The maximum Gasteiger partial charge on any atom is 0.0571 e. The molecule has 0 saturated heterocycles. The summed E-state index contributed by atoms with van der Waals surface area (Å²) in [5.74, 6) is 0. The van der Waals surface area contributed by atoms with Gasteiger partial charge in [-0.05, 0) is 18.2 Å². The average Bonchev–Trinajstić information content (AvgIpc) is 2.17. The van der Waals surface area contributed by atoms with Crippen LogP contribution in [0.1, 0.15) is 0 Å². The third kappa shape index (κ3) is 6.69. The van der Waals surface area contributed by atoms with Crippen LogP contribution < -0.4 is 0 Å². The van der Waals surface area contributed by atoms with Crippen LogP contribution in [0.2, 0.25) is 0 Å². The third-order valence-corrected chi connectivity index (χ3v) is 1.21. The number of rotatable bonds is 5. The molecule has 0 bridgehead atoms. The topological polar surface area (TPSA) is 24.7 Å². The zero-order valence-electron chi connectivity index (χ0n) is 7.85. The average molecular weight is 174 g/mol. The van der Waals surface area contributed by atoms with Crippen molar-refractivity contribution in [2.75, 3.05) is 7.05 Å². The van der Waals surface area contributed by atoms with Gasteiger partial charge in [-0.15, -0.1) is 0 Å². The molecule has 0 N–H and O–H groups in total. The van der Waals surface area contributed by atoms with E-state index in [9.17, 15) is 0 Å². The SMILES string of the molecule is C=C/C=C\C(/C=C\C=NC=C)=NC. The molecule has 0 aliphatic heterocycles. The Morgan fingerprint density at radius 3 is 2.38 bits per heavy atom. The number of hydrogen-bond donors (Lipinski definition) is 0. The second kappa shape index (κ2) is 8.40. The largest absolute Gasteiger partial charge is 0.289 e. The Labute approximate surface area is 79.4 Å². The first-order valence-corrected chi connectivity index (χ1v) is 3.91. The molecule has 0 amide bonds. The van der Waals surface area contributed by atoms with Gasteiger partial charge in [0, 0.05) is 19.5 Å². The molecule has 0 fully saturated rings. The Bertz CT molecular complexity index is 268. The maximum absolute atomic E-state index is 4.03. The van der Waals surface area contributed by atoms with Crippen LogP contribution in [0.15, 0.2) is 59.7 Å². The van der Waals surface area contributed by atoms with Gasteiger partial charge in [0.25, 0.3) is 0 Å². The van der Waals surface area contributed by atoms with E-state index in [4.69, 9.17) is 0 Å². The second-order valence-corrected chi connectivity index (χ2v) is 2.08. The summed E-state index contributed by atoms with van der Waals surface area (Å²) >= 11 is 0. The molecule has 0 atom stereocenters. The van der Waals surface area contributed by atoms with Gasteiger partial charge in [-0.1, -0.05) is 25.3 Å². The van der Waals surface area contributed by atoms with E-state index in [1.165, 1.54) is 6.20 Å². The van der Waals surface area contributed by atoms with E-state index in [0.717, 1.165) is 5.71 Å². The standard InChI is InChI=1S/C11H14N2/c1-4-6-8-11(12-3)9-7-10-13-5-2/h4-10H,1-2H2,3H3/b8-6-,9-7-,12-11?,13-10?. The lowest BCUT2D eigenvalue weighted by atomic mass is 10.3. The van der Waals surface area contributed by atoms with Crippen molar-refractivity contribution < 1.29 is 0 Å². The molecule has 0 spiro atoms. The van der Waals surface area contributed by atoms with Crippen LogP contribution in [0.3, 0.4) is 0 Å². The Balaban J connectivity index is 4.21. The van der Waals surface area contributed by atoms with Crippen molar-refractivity contribution in [1.29, 1.82) is 0 Å². The van der Waals surface area contributed by atoms with Crippen molar-refractivity contribution in [2.45, 2.75) is 0 Å². The van der Waals surface area contributed by atoms with Gasteiger partial charge in [0.05, 0.1) is 5.71 Å². The van der Waals surface area contributed by atoms with Gasteiger partial charge in [0.2, 0.25) is 0 Å². The quantitative estimate of drug-likeness (QED) is 0.452. The molecular formula is C11H14N2. The highest BCUT2D eigenvalue weighted by atomic mass is 14.7. The summed E-state index contributed by atoms with van der Waals surface area (Å²) in [7, 11) is 1.73. The predicted octanol–water partition coefficient (Wildman–Crippen LogP) is 2.57. The molecule has 0 unspecified atom stereocenters. The molecule has 2 nitrogen and oxygen atoms in total. The summed E-state index contributed by atoms with van der Waals surface area (Å²) < 4.78 is 0. The molecular weight excluding hydrogens is 160 g/mol. The van der Waals surface area contributed by atoms with Gasteiger partial charge in [-0.25, -0.2) is 0 Å². The molecule has 0 aromatic heterocycles. The lowest BCUT2D eigenvalue weighted by Gasteiger charge is -1.86. The van der Waals surface area contributed by atoms with Crippen LogP contribution in [-0.2, 0) is 0 Å². The summed E-state index contributed by atoms with van der Waals surface area (Å²) in [4.78, 5) is 7.84. The Morgan fingerprint density at radius 1 is 1.15 bits per heavy atom. The fraction of sp³-hybridized carbons (Fsp3) is 0.0909. The normalized spacial score (nSPS) is 13.2. The van der Waals surface area contributed by atoms with Gasteiger partial charge >= 0.3 is 0 Å². The van der Waals surface area contributed by atoms with Crippen molar-refractivity contribution in [3.63, 3.8) is 0 Å². The van der Waals surface area contributed by atoms with Crippen LogP contribution in [0, 0.1) is 0 Å². The molecule has 0 aliphatic rings. The minimum atomic E-state index is 0.871. The van der Waals surface area contributed by atoms with Crippen molar-refractivity contribution >= 4 is 11.9 Å². The van der Waals surface area contributed by atoms with Crippen molar-refractivity contribution in [2.24, 2.45) is 9.98 Å². The summed E-state index contributed by atoms with van der Waals surface area (Å²) in [6.45, 7) is 7.03. The number of nitrogens with zero attached hydrogens (tertiary/aromatic N) is 2. The van der Waals surface area contributed by atoms with Crippen LogP contribution in [-0.4, -0.2) is 19.0 Å². The summed E-state index contributed by atoms with van der Waals surface area (Å²) in [6, 6.07) is 0.